The van der Waals surface area contributed by atoms with E-state index in [0.717, 1.165) is 51.0 Å². The molecule has 0 atom stereocenters. The molecule has 1 aliphatic heterocycles. The number of rotatable bonds is 8. The highest BCUT2D eigenvalue weighted by Gasteiger charge is 2.20. The van der Waals surface area contributed by atoms with Gasteiger partial charge in [0.25, 0.3) is 0 Å². The summed E-state index contributed by atoms with van der Waals surface area (Å²) in [5.41, 5.74) is 2.42. The lowest BCUT2D eigenvalue weighted by Crippen LogP contribution is -2.38. The zero-order valence-corrected chi connectivity index (χ0v) is 17.6. The first-order valence-corrected chi connectivity index (χ1v) is 10.8. The summed E-state index contributed by atoms with van der Waals surface area (Å²) in [4.78, 5) is 13.7. The van der Waals surface area contributed by atoms with E-state index in [4.69, 9.17) is 0 Å². The molecule has 0 aliphatic carbocycles. The SMILES string of the molecule is CN(Cc1cccn1-c1ncccn1)CC1CCN(CCc2ccc(F)cc2)CC1. The van der Waals surface area contributed by atoms with Gasteiger partial charge >= 0.3 is 0 Å². The fourth-order valence-corrected chi connectivity index (χ4v) is 4.27. The van der Waals surface area contributed by atoms with Gasteiger partial charge in [0, 0.05) is 43.9 Å². The third-order valence-electron chi connectivity index (χ3n) is 5.94. The molecule has 30 heavy (non-hydrogen) atoms. The van der Waals surface area contributed by atoms with Gasteiger partial charge in [-0.2, -0.15) is 0 Å². The number of hydrogen-bond acceptors (Lipinski definition) is 4. The van der Waals surface area contributed by atoms with Gasteiger partial charge in [0.1, 0.15) is 5.82 Å². The molecule has 1 saturated heterocycles. The normalized spacial score (nSPS) is 15.7. The van der Waals surface area contributed by atoms with E-state index in [2.05, 4.69) is 43.5 Å². The van der Waals surface area contributed by atoms with E-state index in [-0.39, 0.29) is 5.82 Å². The molecule has 0 spiro atoms. The molecule has 0 bridgehead atoms. The van der Waals surface area contributed by atoms with Crippen molar-refractivity contribution < 1.29 is 4.39 Å². The summed E-state index contributed by atoms with van der Waals surface area (Å²) in [6, 6.07) is 12.9. The van der Waals surface area contributed by atoms with Crippen LogP contribution in [0.2, 0.25) is 0 Å². The van der Waals surface area contributed by atoms with Crippen LogP contribution >= 0.6 is 0 Å². The van der Waals surface area contributed by atoms with Crippen molar-refractivity contribution in [2.45, 2.75) is 25.8 Å². The molecule has 1 fully saturated rings. The summed E-state index contributed by atoms with van der Waals surface area (Å²) < 4.78 is 15.1. The minimum absolute atomic E-state index is 0.160. The zero-order valence-electron chi connectivity index (χ0n) is 17.6. The van der Waals surface area contributed by atoms with Gasteiger partial charge in [0.2, 0.25) is 5.95 Å². The largest absolute Gasteiger partial charge is 0.303 e. The maximum Gasteiger partial charge on any atom is 0.233 e. The van der Waals surface area contributed by atoms with Crippen LogP contribution < -0.4 is 0 Å². The van der Waals surface area contributed by atoms with Gasteiger partial charge in [-0.3, -0.25) is 4.57 Å². The van der Waals surface area contributed by atoms with E-state index in [9.17, 15) is 4.39 Å². The number of halogens is 1. The Morgan fingerprint density at radius 2 is 1.77 bits per heavy atom. The van der Waals surface area contributed by atoms with E-state index in [1.54, 1.807) is 24.5 Å². The molecule has 158 valence electrons. The van der Waals surface area contributed by atoms with Crippen LogP contribution in [-0.2, 0) is 13.0 Å². The van der Waals surface area contributed by atoms with Crippen molar-refractivity contribution in [1.29, 1.82) is 0 Å². The molecule has 0 amide bonds. The molecule has 6 heteroatoms. The Morgan fingerprint density at radius 1 is 1.03 bits per heavy atom. The summed E-state index contributed by atoms with van der Waals surface area (Å²) in [6.45, 7) is 5.34. The Hall–Kier alpha value is -2.57. The van der Waals surface area contributed by atoms with E-state index >= 15 is 0 Å². The van der Waals surface area contributed by atoms with E-state index in [0.29, 0.717) is 0 Å². The molecule has 3 heterocycles. The number of nitrogens with zero attached hydrogens (tertiary/aromatic N) is 5. The Balaban J connectivity index is 1.22. The smallest absolute Gasteiger partial charge is 0.233 e. The van der Waals surface area contributed by atoms with Gasteiger partial charge in [-0.15, -0.1) is 0 Å². The van der Waals surface area contributed by atoms with Crippen LogP contribution in [-0.4, -0.2) is 57.6 Å². The number of hydrogen-bond donors (Lipinski definition) is 0. The number of likely N-dealkylation sites (tertiary alicyclic amines) is 1. The Labute approximate surface area is 178 Å². The third kappa shape index (κ3) is 5.52. The van der Waals surface area contributed by atoms with Crippen LogP contribution in [0, 0.1) is 11.7 Å². The molecule has 4 rings (SSSR count). The second-order valence-corrected chi connectivity index (χ2v) is 8.28. The lowest BCUT2D eigenvalue weighted by atomic mass is 9.96. The number of aromatic nitrogens is 3. The van der Waals surface area contributed by atoms with Crippen LogP contribution in [0.4, 0.5) is 4.39 Å². The van der Waals surface area contributed by atoms with E-state index in [1.807, 2.05) is 24.4 Å². The molecule has 1 aliphatic rings. The molecule has 2 aromatic heterocycles. The van der Waals surface area contributed by atoms with Gasteiger partial charge in [-0.05, 0) is 81.2 Å². The first-order chi connectivity index (χ1) is 14.7. The van der Waals surface area contributed by atoms with Crippen LogP contribution in [0.5, 0.6) is 0 Å². The third-order valence-corrected chi connectivity index (χ3v) is 5.94. The second-order valence-electron chi connectivity index (χ2n) is 8.28. The van der Waals surface area contributed by atoms with Gasteiger partial charge in [-0.25, -0.2) is 14.4 Å². The van der Waals surface area contributed by atoms with Crippen molar-refractivity contribution in [3.8, 4) is 5.95 Å². The minimum Gasteiger partial charge on any atom is -0.303 e. The van der Waals surface area contributed by atoms with E-state index < -0.39 is 0 Å². The molecule has 5 nitrogen and oxygen atoms in total. The van der Waals surface area contributed by atoms with E-state index in [1.165, 1.54) is 24.1 Å². The average molecular weight is 408 g/mol. The van der Waals surface area contributed by atoms with Crippen LogP contribution in [0.3, 0.4) is 0 Å². The van der Waals surface area contributed by atoms with Crippen molar-refractivity contribution in [1.82, 2.24) is 24.3 Å². The molecule has 0 saturated carbocycles. The fraction of sp³-hybridized carbons (Fsp3) is 0.417. The fourth-order valence-electron chi connectivity index (χ4n) is 4.27. The molecule has 1 aromatic carbocycles. The number of benzene rings is 1. The molecule has 0 unspecified atom stereocenters. The quantitative estimate of drug-likeness (QED) is 0.569. The van der Waals surface area contributed by atoms with Crippen molar-refractivity contribution in [3.05, 3.63) is 78.1 Å². The van der Waals surface area contributed by atoms with Gasteiger partial charge in [0.05, 0.1) is 0 Å². The zero-order chi connectivity index (χ0) is 20.8. The molecule has 0 radical (unpaired) electrons. The lowest BCUT2D eigenvalue weighted by Gasteiger charge is -2.34. The first kappa shape index (κ1) is 20.7. The Bertz CT molecular complexity index is 901. The minimum atomic E-state index is -0.160. The standard InChI is InChI=1S/C24H30FN5/c1-28(19-23-4-2-14-30(23)24-26-12-3-13-27-24)18-21-10-16-29(17-11-21)15-9-20-5-7-22(25)8-6-20/h2-8,12-14,21H,9-11,15-19H2,1H3. The van der Waals surface area contributed by atoms with Gasteiger partial charge < -0.3 is 9.80 Å². The maximum absolute atomic E-state index is 13.0. The maximum atomic E-state index is 13.0. The molecular weight excluding hydrogens is 377 g/mol. The molecule has 3 aromatic rings. The molecule has 0 N–H and O–H groups in total. The average Bonchev–Trinajstić information content (AvgIpc) is 3.23. The summed E-state index contributed by atoms with van der Waals surface area (Å²) >= 11 is 0. The van der Waals surface area contributed by atoms with Crippen LogP contribution in [0.15, 0.2) is 61.1 Å². The van der Waals surface area contributed by atoms with Crippen molar-refractivity contribution in [2.24, 2.45) is 5.92 Å². The topological polar surface area (TPSA) is 37.2 Å². The van der Waals surface area contributed by atoms with Gasteiger partial charge in [-0.1, -0.05) is 12.1 Å². The Morgan fingerprint density at radius 3 is 2.50 bits per heavy atom. The van der Waals surface area contributed by atoms with Crippen molar-refractivity contribution in [2.75, 3.05) is 33.2 Å². The van der Waals surface area contributed by atoms with Crippen LogP contribution in [0.25, 0.3) is 5.95 Å². The highest BCUT2D eigenvalue weighted by Crippen LogP contribution is 2.20. The van der Waals surface area contributed by atoms with Crippen molar-refractivity contribution >= 4 is 0 Å². The summed E-state index contributed by atoms with van der Waals surface area (Å²) in [7, 11) is 2.20. The van der Waals surface area contributed by atoms with Crippen LogP contribution in [0.1, 0.15) is 24.1 Å². The highest BCUT2D eigenvalue weighted by atomic mass is 19.1. The Kier molecular flexibility index (Phi) is 6.87. The van der Waals surface area contributed by atoms with Crippen molar-refractivity contribution in [3.63, 3.8) is 0 Å². The summed E-state index contributed by atoms with van der Waals surface area (Å²) in [5, 5.41) is 0. The summed E-state index contributed by atoms with van der Waals surface area (Å²) in [6.07, 6.45) is 9.04. The van der Waals surface area contributed by atoms with Gasteiger partial charge in [0.15, 0.2) is 0 Å². The molecular formula is C24H30FN5. The number of piperidine rings is 1. The lowest BCUT2D eigenvalue weighted by molar-refractivity contribution is 0.152. The highest BCUT2D eigenvalue weighted by molar-refractivity contribution is 5.20. The summed E-state index contributed by atoms with van der Waals surface area (Å²) in [5.74, 6) is 1.29. The second kappa shape index (κ2) is 9.96. The monoisotopic (exact) mass is 407 g/mol. The predicted octanol–water partition coefficient (Wildman–Crippen LogP) is 3.79. The predicted molar refractivity (Wildman–Crippen MR) is 117 cm³/mol. The first-order valence-electron chi connectivity index (χ1n) is 10.8.